The highest BCUT2D eigenvalue weighted by Crippen LogP contribution is 2.36. The number of alkyl halides is 2. The Balaban J connectivity index is 1.96. The van der Waals surface area contributed by atoms with Crippen LogP contribution in [0.4, 0.5) is 14.5 Å². The van der Waals surface area contributed by atoms with Crippen LogP contribution in [0.1, 0.15) is 38.2 Å². The minimum absolute atomic E-state index is 0.0422. The molecule has 3 rings (SSSR count). The van der Waals surface area contributed by atoms with E-state index in [9.17, 15) is 17.2 Å². The van der Waals surface area contributed by atoms with E-state index in [0.717, 1.165) is 23.4 Å². The number of likely N-dealkylation sites (N-methyl/N-ethyl adjacent to an activating group) is 1. The van der Waals surface area contributed by atoms with Gasteiger partial charge in [0, 0.05) is 56.2 Å². The van der Waals surface area contributed by atoms with Gasteiger partial charge in [0.15, 0.2) is 9.84 Å². The summed E-state index contributed by atoms with van der Waals surface area (Å²) in [6, 6.07) is 4.95. The van der Waals surface area contributed by atoms with Crippen molar-refractivity contribution >= 4 is 21.1 Å². The standard InChI is InChI=1S/C20H26F2N2O2S/c1-14-10-15(13-24(2)12-14)18-11-17(27(3,25)26)4-5-19(18)23-16-6-8-20(21,22)9-7-16/h4-5,10-11,13,16,23H,6-9,12H2,1-3H3. The van der Waals surface area contributed by atoms with Crippen LogP contribution in [-0.4, -0.2) is 45.1 Å². The minimum Gasteiger partial charge on any atom is -0.382 e. The van der Waals surface area contributed by atoms with E-state index >= 15 is 0 Å². The fourth-order valence-corrected chi connectivity index (χ4v) is 4.34. The van der Waals surface area contributed by atoms with Gasteiger partial charge in [-0.05, 0) is 43.5 Å². The molecular weight excluding hydrogens is 370 g/mol. The molecule has 1 N–H and O–H groups in total. The smallest absolute Gasteiger partial charge is 0.248 e. The lowest BCUT2D eigenvalue weighted by molar-refractivity contribution is -0.0360. The number of anilines is 1. The van der Waals surface area contributed by atoms with E-state index in [1.165, 1.54) is 11.8 Å². The number of nitrogens with one attached hydrogen (secondary N) is 1. The van der Waals surface area contributed by atoms with Gasteiger partial charge in [0.05, 0.1) is 4.90 Å². The zero-order chi connectivity index (χ0) is 19.8. The van der Waals surface area contributed by atoms with E-state index in [2.05, 4.69) is 5.32 Å². The number of hydrogen-bond acceptors (Lipinski definition) is 4. The van der Waals surface area contributed by atoms with Crippen LogP contribution in [0.15, 0.2) is 40.9 Å². The normalized spacial score (nSPS) is 20.9. The van der Waals surface area contributed by atoms with Crippen LogP contribution in [0.25, 0.3) is 5.57 Å². The van der Waals surface area contributed by atoms with Gasteiger partial charge >= 0.3 is 0 Å². The maximum atomic E-state index is 13.4. The molecule has 27 heavy (non-hydrogen) atoms. The molecule has 0 bridgehead atoms. The second-order valence-corrected chi connectivity index (χ2v) is 9.76. The first-order valence-electron chi connectivity index (χ1n) is 9.12. The first kappa shape index (κ1) is 19.9. The highest BCUT2D eigenvalue weighted by molar-refractivity contribution is 7.90. The monoisotopic (exact) mass is 396 g/mol. The molecule has 1 heterocycles. The Morgan fingerprint density at radius 3 is 2.48 bits per heavy atom. The lowest BCUT2D eigenvalue weighted by Gasteiger charge is -2.31. The topological polar surface area (TPSA) is 49.4 Å². The highest BCUT2D eigenvalue weighted by Gasteiger charge is 2.35. The average Bonchev–Trinajstić information content (AvgIpc) is 2.55. The largest absolute Gasteiger partial charge is 0.382 e. The van der Waals surface area contributed by atoms with Crippen LogP contribution in [0, 0.1) is 0 Å². The number of allylic oxidation sites excluding steroid dienone is 2. The molecule has 0 radical (unpaired) electrons. The van der Waals surface area contributed by atoms with Gasteiger partial charge in [0.1, 0.15) is 0 Å². The van der Waals surface area contributed by atoms with Crippen molar-refractivity contribution < 1.29 is 17.2 Å². The van der Waals surface area contributed by atoms with Crippen molar-refractivity contribution in [3.8, 4) is 0 Å². The van der Waals surface area contributed by atoms with Crippen molar-refractivity contribution in [1.29, 1.82) is 0 Å². The lowest BCUT2D eigenvalue weighted by atomic mass is 9.91. The molecule has 1 aliphatic carbocycles. The summed E-state index contributed by atoms with van der Waals surface area (Å²) >= 11 is 0. The molecule has 1 aromatic carbocycles. The summed E-state index contributed by atoms with van der Waals surface area (Å²) in [5, 5.41) is 3.38. The maximum absolute atomic E-state index is 13.4. The molecule has 4 nitrogen and oxygen atoms in total. The molecule has 1 aromatic rings. The summed E-state index contributed by atoms with van der Waals surface area (Å²) in [5.41, 5.74) is 3.64. The summed E-state index contributed by atoms with van der Waals surface area (Å²) in [6.45, 7) is 2.84. The fraction of sp³-hybridized carbons (Fsp3) is 0.500. The summed E-state index contributed by atoms with van der Waals surface area (Å²) in [6.07, 6.45) is 5.76. The van der Waals surface area contributed by atoms with E-state index in [4.69, 9.17) is 0 Å². The zero-order valence-electron chi connectivity index (χ0n) is 15.9. The van der Waals surface area contributed by atoms with Gasteiger partial charge in [-0.3, -0.25) is 0 Å². The van der Waals surface area contributed by atoms with Gasteiger partial charge in [-0.1, -0.05) is 11.6 Å². The van der Waals surface area contributed by atoms with Gasteiger partial charge in [0.25, 0.3) is 0 Å². The number of rotatable bonds is 4. The summed E-state index contributed by atoms with van der Waals surface area (Å²) < 4.78 is 50.9. The van der Waals surface area contributed by atoms with Gasteiger partial charge in [-0.15, -0.1) is 0 Å². The third-order valence-corrected chi connectivity index (χ3v) is 6.18. The SMILES string of the molecule is CC1=CC(c2cc(S(C)(=O)=O)ccc2NC2CCC(F)(F)CC2)=CN(C)C1. The number of nitrogens with zero attached hydrogens (tertiary/aromatic N) is 1. The van der Waals surface area contributed by atoms with Crippen molar-refractivity contribution in [3.05, 3.63) is 41.6 Å². The quantitative estimate of drug-likeness (QED) is 0.824. The molecule has 0 aromatic heterocycles. The van der Waals surface area contributed by atoms with E-state index in [-0.39, 0.29) is 23.8 Å². The number of benzene rings is 1. The molecule has 0 spiro atoms. The molecular formula is C20H26F2N2O2S. The Hall–Kier alpha value is -1.89. The van der Waals surface area contributed by atoms with Gasteiger partial charge in [-0.25, -0.2) is 17.2 Å². The average molecular weight is 397 g/mol. The van der Waals surface area contributed by atoms with E-state index in [1.807, 2.05) is 31.1 Å². The molecule has 148 valence electrons. The molecule has 1 saturated carbocycles. The van der Waals surface area contributed by atoms with E-state index in [0.29, 0.717) is 12.8 Å². The number of hydrogen-bond donors (Lipinski definition) is 1. The van der Waals surface area contributed by atoms with Crippen LogP contribution >= 0.6 is 0 Å². The Bertz CT molecular complexity index is 881. The molecule has 2 aliphatic rings. The van der Waals surface area contributed by atoms with Crippen molar-refractivity contribution in [2.75, 3.05) is 25.2 Å². The van der Waals surface area contributed by atoms with Crippen LogP contribution in [0.5, 0.6) is 0 Å². The predicted molar refractivity (Wildman–Crippen MR) is 105 cm³/mol. The predicted octanol–water partition coefficient (Wildman–Crippen LogP) is 4.31. The molecule has 1 aliphatic heterocycles. The third-order valence-electron chi connectivity index (χ3n) is 5.07. The van der Waals surface area contributed by atoms with Crippen LogP contribution in [0.3, 0.4) is 0 Å². The maximum Gasteiger partial charge on any atom is 0.248 e. The first-order chi connectivity index (χ1) is 12.5. The molecule has 1 fully saturated rings. The second-order valence-electron chi connectivity index (χ2n) is 7.74. The molecule has 0 saturated heterocycles. The second kappa shape index (κ2) is 7.26. The molecule has 0 atom stereocenters. The van der Waals surface area contributed by atoms with Crippen molar-refractivity contribution in [3.63, 3.8) is 0 Å². The van der Waals surface area contributed by atoms with Crippen LogP contribution in [-0.2, 0) is 9.84 Å². The summed E-state index contributed by atoms with van der Waals surface area (Å²) in [5.74, 6) is -2.57. The molecule has 0 unspecified atom stereocenters. The fourth-order valence-electron chi connectivity index (χ4n) is 3.70. The number of halogens is 2. The first-order valence-corrected chi connectivity index (χ1v) is 11.0. The Kier molecular flexibility index (Phi) is 5.34. The molecule has 0 amide bonds. The Labute approximate surface area is 159 Å². The number of sulfone groups is 1. The summed E-state index contributed by atoms with van der Waals surface area (Å²) in [7, 11) is -1.38. The minimum atomic E-state index is -3.34. The van der Waals surface area contributed by atoms with Crippen LogP contribution in [0.2, 0.25) is 0 Å². The van der Waals surface area contributed by atoms with Crippen molar-refractivity contribution in [1.82, 2.24) is 4.90 Å². The highest BCUT2D eigenvalue weighted by atomic mass is 32.2. The molecule has 7 heteroatoms. The summed E-state index contributed by atoms with van der Waals surface area (Å²) in [4.78, 5) is 2.29. The van der Waals surface area contributed by atoms with Crippen molar-refractivity contribution in [2.45, 2.75) is 49.5 Å². The van der Waals surface area contributed by atoms with Gasteiger partial charge < -0.3 is 10.2 Å². The van der Waals surface area contributed by atoms with Crippen molar-refractivity contribution in [2.24, 2.45) is 0 Å². The third kappa shape index (κ3) is 4.89. The van der Waals surface area contributed by atoms with E-state index < -0.39 is 15.8 Å². The Morgan fingerprint density at radius 2 is 1.89 bits per heavy atom. The van der Waals surface area contributed by atoms with E-state index in [1.54, 1.807) is 18.2 Å². The van der Waals surface area contributed by atoms with Gasteiger partial charge in [0.2, 0.25) is 5.92 Å². The lowest BCUT2D eigenvalue weighted by Crippen LogP contribution is -2.32. The van der Waals surface area contributed by atoms with Crippen LogP contribution < -0.4 is 5.32 Å². The zero-order valence-corrected chi connectivity index (χ0v) is 16.7. The Morgan fingerprint density at radius 1 is 1.22 bits per heavy atom. The van der Waals surface area contributed by atoms with Gasteiger partial charge in [-0.2, -0.15) is 0 Å².